The number of hydrogen-bond acceptors (Lipinski definition) is 5. The van der Waals surface area contributed by atoms with Gasteiger partial charge in [0.2, 0.25) is 5.88 Å². The van der Waals surface area contributed by atoms with Crippen LogP contribution in [0.15, 0.2) is 48.8 Å². The SMILES string of the molecule is O=C(O)C[C@H]1CC[C@@H](Oc2ccc(-c3ccc(-c4nc5cc(F)c(F)cc5[nH]4)cn3)cn2)CC1. The van der Waals surface area contributed by atoms with Gasteiger partial charge in [-0.1, -0.05) is 0 Å². The van der Waals surface area contributed by atoms with Crippen molar-refractivity contribution in [2.24, 2.45) is 5.92 Å². The number of carbonyl (C=O) groups is 1. The summed E-state index contributed by atoms with van der Waals surface area (Å²) in [6.07, 6.45) is 6.95. The third-order valence-corrected chi connectivity index (χ3v) is 6.14. The molecule has 0 saturated heterocycles. The maximum Gasteiger partial charge on any atom is 0.303 e. The van der Waals surface area contributed by atoms with Crippen LogP contribution in [0.1, 0.15) is 32.1 Å². The van der Waals surface area contributed by atoms with E-state index in [2.05, 4.69) is 19.9 Å². The molecule has 7 nitrogen and oxygen atoms in total. The number of aromatic nitrogens is 4. The lowest BCUT2D eigenvalue weighted by molar-refractivity contribution is -0.138. The van der Waals surface area contributed by atoms with Crippen molar-refractivity contribution in [3.63, 3.8) is 0 Å². The second-order valence-electron chi connectivity index (χ2n) is 8.54. The van der Waals surface area contributed by atoms with Gasteiger partial charge >= 0.3 is 5.97 Å². The van der Waals surface area contributed by atoms with Gasteiger partial charge in [-0.05, 0) is 49.8 Å². The molecule has 0 radical (unpaired) electrons. The second kappa shape index (κ2) is 9.17. The molecule has 0 bridgehead atoms. The zero-order valence-corrected chi connectivity index (χ0v) is 18.2. The minimum absolute atomic E-state index is 0.0477. The molecule has 3 heterocycles. The number of fused-ring (bicyclic) bond motifs is 1. The van der Waals surface area contributed by atoms with Gasteiger partial charge in [0.15, 0.2) is 11.6 Å². The molecule has 1 aliphatic carbocycles. The molecule has 4 aromatic rings. The van der Waals surface area contributed by atoms with Crippen LogP contribution in [0.4, 0.5) is 8.78 Å². The summed E-state index contributed by atoms with van der Waals surface area (Å²) in [4.78, 5) is 27.0. The Hall–Kier alpha value is -3.88. The number of hydrogen-bond donors (Lipinski definition) is 2. The van der Waals surface area contributed by atoms with E-state index in [-0.39, 0.29) is 18.4 Å². The van der Waals surface area contributed by atoms with Crippen molar-refractivity contribution in [3.8, 4) is 28.5 Å². The topological polar surface area (TPSA) is 101 Å². The number of aliphatic carboxylic acids is 1. The number of rotatable bonds is 6. The molecule has 174 valence electrons. The molecular formula is C25H22F2N4O3. The molecule has 5 rings (SSSR count). The average Bonchev–Trinajstić information content (AvgIpc) is 3.23. The summed E-state index contributed by atoms with van der Waals surface area (Å²) in [5, 5.41) is 8.93. The Bertz CT molecular complexity index is 1280. The lowest BCUT2D eigenvalue weighted by Gasteiger charge is -2.27. The van der Waals surface area contributed by atoms with Crippen LogP contribution in [0, 0.1) is 17.6 Å². The number of carboxylic acid groups (broad SMARTS) is 1. The minimum atomic E-state index is -0.940. The maximum atomic E-state index is 13.4. The Morgan fingerprint density at radius 1 is 1.00 bits per heavy atom. The normalized spacial score (nSPS) is 18.2. The van der Waals surface area contributed by atoms with Crippen LogP contribution >= 0.6 is 0 Å². The maximum absolute atomic E-state index is 13.4. The second-order valence-corrected chi connectivity index (χ2v) is 8.54. The number of ether oxygens (including phenoxy) is 1. The highest BCUT2D eigenvalue weighted by molar-refractivity contribution is 5.79. The van der Waals surface area contributed by atoms with Gasteiger partial charge in [0, 0.05) is 48.1 Å². The Labute approximate surface area is 193 Å². The molecule has 2 N–H and O–H groups in total. The van der Waals surface area contributed by atoms with Crippen molar-refractivity contribution >= 4 is 17.0 Å². The summed E-state index contributed by atoms with van der Waals surface area (Å²) in [5.41, 5.74) is 2.97. The highest BCUT2D eigenvalue weighted by atomic mass is 19.2. The lowest BCUT2D eigenvalue weighted by Crippen LogP contribution is -2.25. The van der Waals surface area contributed by atoms with Crippen molar-refractivity contribution in [1.82, 2.24) is 19.9 Å². The van der Waals surface area contributed by atoms with Crippen LogP contribution in [0.25, 0.3) is 33.7 Å². The fourth-order valence-electron chi connectivity index (χ4n) is 4.32. The molecule has 1 aromatic carbocycles. The molecule has 0 spiro atoms. The summed E-state index contributed by atoms with van der Waals surface area (Å²) < 4.78 is 32.9. The first-order valence-corrected chi connectivity index (χ1v) is 11.1. The van der Waals surface area contributed by atoms with Crippen LogP contribution in [0.3, 0.4) is 0 Å². The van der Waals surface area contributed by atoms with E-state index in [0.717, 1.165) is 43.4 Å². The quantitative estimate of drug-likeness (QED) is 0.397. The van der Waals surface area contributed by atoms with E-state index in [1.807, 2.05) is 18.2 Å². The Morgan fingerprint density at radius 3 is 2.41 bits per heavy atom. The molecule has 1 fully saturated rings. The molecule has 34 heavy (non-hydrogen) atoms. The number of carboxylic acids is 1. The number of pyridine rings is 2. The van der Waals surface area contributed by atoms with Crippen molar-refractivity contribution in [2.45, 2.75) is 38.2 Å². The van der Waals surface area contributed by atoms with Gasteiger partial charge in [-0.2, -0.15) is 0 Å². The number of nitrogens with one attached hydrogen (secondary N) is 1. The molecule has 0 unspecified atom stereocenters. The van der Waals surface area contributed by atoms with Gasteiger partial charge in [0.25, 0.3) is 0 Å². The van der Waals surface area contributed by atoms with E-state index in [9.17, 15) is 13.6 Å². The van der Waals surface area contributed by atoms with E-state index < -0.39 is 17.6 Å². The van der Waals surface area contributed by atoms with Crippen LogP contribution in [-0.4, -0.2) is 37.1 Å². The van der Waals surface area contributed by atoms with E-state index in [1.54, 1.807) is 18.5 Å². The average molecular weight is 464 g/mol. The zero-order valence-electron chi connectivity index (χ0n) is 18.2. The first-order valence-electron chi connectivity index (χ1n) is 11.1. The smallest absolute Gasteiger partial charge is 0.303 e. The van der Waals surface area contributed by atoms with Crippen molar-refractivity contribution < 1.29 is 23.4 Å². The van der Waals surface area contributed by atoms with Crippen LogP contribution < -0.4 is 4.74 Å². The summed E-state index contributed by atoms with van der Waals surface area (Å²) in [5.74, 6) is -1.38. The molecule has 3 aromatic heterocycles. The first kappa shape index (κ1) is 21.9. The number of aromatic amines is 1. The Balaban J connectivity index is 1.23. The zero-order chi connectivity index (χ0) is 23.7. The summed E-state index contributed by atoms with van der Waals surface area (Å²) in [6.45, 7) is 0. The van der Waals surface area contributed by atoms with Crippen molar-refractivity contribution in [3.05, 3.63) is 60.4 Å². The summed E-state index contributed by atoms with van der Waals surface area (Å²) >= 11 is 0. The van der Waals surface area contributed by atoms with E-state index in [1.165, 1.54) is 0 Å². The molecule has 0 atom stereocenters. The lowest BCUT2D eigenvalue weighted by atomic mass is 9.85. The van der Waals surface area contributed by atoms with Gasteiger partial charge in [-0.25, -0.2) is 18.7 Å². The number of H-pyrrole nitrogens is 1. The van der Waals surface area contributed by atoms with E-state index in [0.29, 0.717) is 34.0 Å². The molecule has 1 saturated carbocycles. The number of halogens is 2. The largest absolute Gasteiger partial charge is 0.481 e. The minimum Gasteiger partial charge on any atom is -0.481 e. The Kier molecular flexibility index (Phi) is 5.91. The number of nitrogens with zero attached hydrogens (tertiary/aromatic N) is 3. The van der Waals surface area contributed by atoms with Crippen molar-refractivity contribution in [2.75, 3.05) is 0 Å². The number of benzene rings is 1. The van der Waals surface area contributed by atoms with Gasteiger partial charge in [0.1, 0.15) is 11.9 Å². The fourth-order valence-corrected chi connectivity index (χ4v) is 4.32. The van der Waals surface area contributed by atoms with Crippen LogP contribution in [0.2, 0.25) is 0 Å². The molecule has 9 heteroatoms. The number of imidazole rings is 1. The molecular weight excluding hydrogens is 442 g/mol. The van der Waals surface area contributed by atoms with Gasteiger partial charge in [-0.15, -0.1) is 0 Å². The predicted molar refractivity (Wildman–Crippen MR) is 121 cm³/mol. The van der Waals surface area contributed by atoms with Gasteiger partial charge < -0.3 is 14.8 Å². The van der Waals surface area contributed by atoms with Gasteiger partial charge in [-0.3, -0.25) is 9.78 Å². The first-order chi connectivity index (χ1) is 16.4. The summed E-state index contributed by atoms with van der Waals surface area (Å²) in [6, 6.07) is 9.48. The molecule has 1 aliphatic rings. The van der Waals surface area contributed by atoms with Crippen LogP contribution in [-0.2, 0) is 4.79 Å². The summed E-state index contributed by atoms with van der Waals surface area (Å²) in [7, 11) is 0. The standard InChI is InChI=1S/C25H22F2N4O3/c26-18-10-21-22(11-19(18)27)31-25(30-21)16-3-7-20(28-13-16)15-4-8-23(29-12-15)34-17-5-1-14(2-6-17)9-24(32)33/h3-4,7-8,10-14,17H,1-2,5-6,9H2,(H,30,31)(H,32,33)/t14-,17+. The predicted octanol–water partition coefficient (Wildman–Crippen LogP) is 5.38. The van der Waals surface area contributed by atoms with Gasteiger partial charge in [0.05, 0.1) is 16.7 Å². The van der Waals surface area contributed by atoms with E-state index in [4.69, 9.17) is 9.84 Å². The monoisotopic (exact) mass is 464 g/mol. The third-order valence-electron chi connectivity index (χ3n) is 6.14. The van der Waals surface area contributed by atoms with Crippen LogP contribution in [0.5, 0.6) is 5.88 Å². The van der Waals surface area contributed by atoms with E-state index >= 15 is 0 Å². The highest BCUT2D eigenvalue weighted by Gasteiger charge is 2.24. The fraction of sp³-hybridized carbons (Fsp3) is 0.280. The Morgan fingerprint density at radius 2 is 1.74 bits per heavy atom. The van der Waals surface area contributed by atoms with Crippen molar-refractivity contribution in [1.29, 1.82) is 0 Å². The molecule has 0 amide bonds. The molecule has 0 aliphatic heterocycles. The third kappa shape index (κ3) is 4.73. The highest BCUT2D eigenvalue weighted by Crippen LogP contribution is 2.30.